The third-order valence-electron chi connectivity index (χ3n) is 8.64. The molecule has 0 aromatic heterocycles. The molecule has 0 amide bonds. The van der Waals surface area contributed by atoms with Gasteiger partial charge in [-0.3, -0.25) is 0 Å². The van der Waals surface area contributed by atoms with Crippen molar-refractivity contribution in [2.75, 3.05) is 19.7 Å². The van der Waals surface area contributed by atoms with Crippen LogP contribution in [0.5, 0.6) is 0 Å². The third-order valence-corrected chi connectivity index (χ3v) is 8.64. The van der Waals surface area contributed by atoms with Crippen LogP contribution in [-0.2, 0) is 28.4 Å². The molecule has 0 bridgehead atoms. The lowest BCUT2D eigenvalue weighted by atomic mass is 9.84. The van der Waals surface area contributed by atoms with Crippen molar-refractivity contribution in [1.29, 1.82) is 0 Å². The number of aliphatic hydroxyl groups excluding tert-OH is 6. The maximum Gasteiger partial charge on any atom is 0.186 e. The van der Waals surface area contributed by atoms with Gasteiger partial charge in [-0.05, 0) is 12.8 Å². The summed E-state index contributed by atoms with van der Waals surface area (Å²) in [6, 6.07) is -4.50. The minimum atomic E-state index is -1.61. The predicted octanol–water partition coefficient (Wildman–Crippen LogP) is -8.54. The molecule has 20 N–H and O–H groups in total. The van der Waals surface area contributed by atoms with E-state index in [0.29, 0.717) is 0 Å². The molecule has 0 aromatic carbocycles. The van der Waals surface area contributed by atoms with Crippen LogP contribution >= 0.6 is 0 Å². The minimum absolute atomic E-state index is 0.0256. The Morgan fingerprint density at radius 2 is 1.09 bits per heavy atom. The molecule has 4 fully saturated rings. The first-order chi connectivity index (χ1) is 20.3. The second-order valence-corrected chi connectivity index (χ2v) is 11.8. The van der Waals surface area contributed by atoms with Gasteiger partial charge in [-0.1, -0.05) is 0 Å². The highest BCUT2D eigenvalue weighted by atomic mass is 16.7. The number of rotatable bonds is 9. The summed E-state index contributed by atoms with van der Waals surface area (Å²) >= 11 is 0. The largest absolute Gasteiger partial charge is 0.390 e. The highest BCUT2D eigenvalue weighted by Crippen LogP contribution is 2.31. The Hall–Kier alpha value is -0.760. The van der Waals surface area contributed by atoms with Crippen molar-refractivity contribution >= 4 is 0 Å². The first-order valence-electron chi connectivity index (χ1n) is 14.4. The summed E-state index contributed by atoms with van der Waals surface area (Å²) in [5, 5.41) is 62.6. The molecule has 0 spiro atoms. The standard InChI is InChI=1S/C24H49N7O12/c25-3-10-9(32)2-8(29)22(39-10)42-20-6(27)1-7(28)21(19(20)37)43-23-14(31)16(34)13(30)12(41-23)5-38-24-18(36)17(35)15(33)11(4-26)40-24/h6-24,32-37H,1-5,25-31H2/t6-,7+,8+,9-,10+,11+,12+,13-,14+,15+,16-,17-,18+,19-,20+,21-,22+,23-,24-/m0/s1. The highest BCUT2D eigenvalue weighted by Gasteiger charge is 2.51. The second kappa shape index (κ2) is 14.8. The topological polar surface area (TPSA) is 359 Å². The Morgan fingerprint density at radius 1 is 0.535 bits per heavy atom. The monoisotopic (exact) mass is 627 g/mol. The Morgan fingerprint density at radius 3 is 1.70 bits per heavy atom. The van der Waals surface area contributed by atoms with Crippen molar-refractivity contribution in [3.63, 3.8) is 0 Å². The fourth-order valence-corrected chi connectivity index (χ4v) is 5.90. The van der Waals surface area contributed by atoms with Gasteiger partial charge in [-0.15, -0.1) is 0 Å². The first kappa shape index (κ1) is 35.1. The normalized spacial score (nSPS) is 53.1. The average molecular weight is 628 g/mol. The van der Waals surface area contributed by atoms with E-state index in [2.05, 4.69) is 0 Å². The van der Waals surface area contributed by atoms with Crippen molar-refractivity contribution < 1.29 is 59.1 Å². The van der Waals surface area contributed by atoms with Crippen LogP contribution in [0.1, 0.15) is 12.8 Å². The molecular weight excluding hydrogens is 578 g/mol. The van der Waals surface area contributed by atoms with Gasteiger partial charge in [0.05, 0.1) is 43.0 Å². The molecule has 43 heavy (non-hydrogen) atoms. The van der Waals surface area contributed by atoms with Gasteiger partial charge in [0.1, 0.15) is 48.8 Å². The lowest BCUT2D eigenvalue weighted by molar-refractivity contribution is -0.318. The van der Waals surface area contributed by atoms with Crippen LogP contribution in [0.3, 0.4) is 0 Å². The molecule has 0 aromatic rings. The molecule has 19 heteroatoms. The van der Waals surface area contributed by atoms with E-state index < -0.39 is 116 Å². The molecule has 1 saturated carbocycles. The summed E-state index contributed by atoms with van der Waals surface area (Å²) in [6.45, 7) is -0.480. The Balaban J connectivity index is 1.41. The summed E-state index contributed by atoms with van der Waals surface area (Å²) in [6.07, 6.45) is -16.7. The minimum Gasteiger partial charge on any atom is -0.390 e. The maximum absolute atomic E-state index is 11.3. The van der Waals surface area contributed by atoms with Crippen LogP contribution in [0.15, 0.2) is 0 Å². The highest BCUT2D eigenvalue weighted by molar-refractivity contribution is 5.01. The number of hydrogen-bond donors (Lipinski definition) is 13. The zero-order chi connectivity index (χ0) is 31.7. The lowest BCUT2D eigenvalue weighted by Gasteiger charge is -2.48. The summed E-state index contributed by atoms with van der Waals surface area (Å²) in [5.74, 6) is 0. The number of ether oxygens (including phenoxy) is 6. The van der Waals surface area contributed by atoms with Crippen LogP contribution in [0.25, 0.3) is 0 Å². The number of nitrogens with two attached hydrogens (primary N) is 7. The number of aliphatic hydroxyl groups is 6. The van der Waals surface area contributed by atoms with Crippen LogP contribution < -0.4 is 40.1 Å². The van der Waals surface area contributed by atoms with Crippen LogP contribution in [0.4, 0.5) is 0 Å². The van der Waals surface area contributed by atoms with E-state index in [0.717, 1.165) is 0 Å². The van der Waals surface area contributed by atoms with E-state index in [-0.39, 0.29) is 32.5 Å². The summed E-state index contributed by atoms with van der Waals surface area (Å²) < 4.78 is 34.7. The third kappa shape index (κ3) is 7.46. The quantitative estimate of drug-likeness (QED) is 0.113. The van der Waals surface area contributed by atoms with E-state index in [9.17, 15) is 30.6 Å². The van der Waals surface area contributed by atoms with Gasteiger partial charge in [0.2, 0.25) is 0 Å². The smallest absolute Gasteiger partial charge is 0.186 e. The van der Waals surface area contributed by atoms with Gasteiger partial charge in [-0.2, -0.15) is 0 Å². The zero-order valence-corrected chi connectivity index (χ0v) is 23.7. The van der Waals surface area contributed by atoms with E-state index in [1.54, 1.807) is 0 Å². The van der Waals surface area contributed by atoms with Crippen LogP contribution in [-0.4, -0.2) is 167 Å². The number of hydrogen-bond acceptors (Lipinski definition) is 19. The maximum atomic E-state index is 11.3. The molecule has 4 aliphatic rings. The summed E-state index contributed by atoms with van der Waals surface area (Å²) in [4.78, 5) is 0. The molecule has 0 unspecified atom stereocenters. The molecule has 19 nitrogen and oxygen atoms in total. The second-order valence-electron chi connectivity index (χ2n) is 11.8. The summed E-state index contributed by atoms with van der Waals surface area (Å²) in [5.41, 5.74) is 42.2. The molecule has 0 radical (unpaired) electrons. The molecule has 3 saturated heterocycles. The molecule has 3 aliphatic heterocycles. The Labute approximate surface area is 248 Å². The first-order valence-corrected chi connectivity index (χ1v) is 14.4. The predicted molar refractivity (Wildman–Crippen MR) is 145 cm³/mol. The molecule has 4 rings (SSSR count). The average Bonchev–Trinajstić information content (AvgIpc) is 2.97. The van der Waals surface area contributed by atoms with Crippen molar-refractivity contribution in [2.24, 2.45) is 40.1 Å². The van der Waals surface area contributed by atoms with E-state index in [4.69, 9.17) is 68.6 Å². The van der Waals surface area contributed by atoms with Crippen molar-refractivity contribution in [2.45, 2.75) is 129 Å². The molecular formula is C24H49N7O12. The SMILES string of the molecule is NC[C@H]1O[C@H](OC[C@H]2O[C@@H](O[C@@H]3[C@@H](O)[C@H](O[C@H]4O[C@H](CN)[C@@H](O)C[C@H]4N)[C@@H](N)C[C@H]3N)[C@H](N)[C@@H](O)[C@H]2N)[C@H](O)[C@@H](O)[C@@H]1O. The molecule has 1 aliphatic carbocycles. The lowest BCUT2D eigenvalue weighted by Crippen LogP contribution is -2.69. The molecule has 19 atom stereocenters. The van der Waals surface area contributed by atoms with E-state index in [1.165, 1.54) is 0 Å². The van der Waals surface area contributed by atoms with Gasteiger partial charge in [0.15, 0.2) is 18.9 Å². The van der Waals surface area contributed by atoms with Gasteiger partial charge in [0.25, 0.3) is 0 Å². The molecule has 3 heterocycles. The summed E-state index contributed by atoms with van der Waals surface area (Å²) in [7, 11) is 0. The van der Waals surface area contributed by atoms with Gasteiger partial charge in [-0.25, -0.2) is 0 Å². The van der Waals surface area contributed by atoms with E-state index >= 15 is 0 Å². The van der Waals surface area contributed by atoms with Gasteiger partial charge in [0, 0.05) is 25.2 Å². The van der Waals surface area contributed by atoms with Crippen molar-refractivity contribution in [3.8, 4) is 0 Å². The van der Waals surface area contributed by atoms with Crippen molar-refractivity contribution in [1.82, 2.24) is 0 Å². The fraction of sp³-hybridized carbons (Fsp3) is 1.00. The van der Waals surface area contributed by atoms with E-state index in [1.807, 2.05) is 0 Å². The van der Waals surface area contributed by atoms with Crippen LogP contribution in [0.2, 0.25) is 0 Å². The van der Waals surface area contributed by atoms with Crippen molar-refractivity contribution in [3.05, 3.63) is 0 Å². The van der Waals surface area contributed by atoms with Crippen LogP contribution in [0, 0.1) is 0 Å². The van der Waals surface area contributed by atoms with Gasteiger partial charge >= 0.3 is 0 Å². The zero-order valence-electron chi connectivity index (χ0n) is 23.7. The fourth-order valence-electron chi connectivity index (χ4n) is 5.90. The Bertz CT molecular complexity index is 887. The Kier molecular flexibility index (Phi) is 12.1. The van der Waals surface area contributed by atoms with Gasteiger partial charge < -0.3 is 99.2 Å². The molecule has 252 valence electrons.